The van der Waals surface area contributed by atoms with E-state index in [0.717, 1.165) is 10.7 Å². The molecule has 0 bridgehead atoms. The fourth-order valence-electron chi connectivity index (χ4n) is 2.95. The van der Waals surface area contributed by atoms with Crippen LogP contribution >= 0.6 is 6.89 Å². The zero-order valence-electron chi connectivity index (χ0n) is 14.3. The fourth-order valence-corrected chi connectivity index (χ4v) is 3.90. The molecule has 0 spiro atoms. The number of rotatable bonds is 4. The lowest BCUT2D eigenvalue weighted by Crippen LogP contribution is -2.32. The maximum Gasteiger partial charge on any atom is 0.293 e. The Morgan fingerprint density at radius 2 is 2.04 bits per heavy atom. The predicted octanol–water partition coefficient (Wildman–Crippen LogP) is 0.286. The first kappa shape index (κ1) is 18.3. The van der Waals surface area contributed by atoms with Gasteiger partial charge >= 0.3 is 0 Å². The van der Waals surface area contributed by atoms with Gasteiger partial charge in [-0.25, -0.2) is 4.98 Å². The maximum absolute atomic E-state index is 14.4. The monoisotopic (exact) mass is 372 g/mol. The molecule has 1 unspecified atom stereocenters. The van der Waals surface area contributed by atoms with Gasteiger partial charge < -0.3 is 19.9 Å². The van der Waals surface area contributed by atoms with Gasteiger partial charge in [0.2, 0.25) is 0 Å². The van der Waals surface area contributed by atoms with E-state index < -0.39 is 43.1 Å². The number of aryl methyl sites for hydroxylation is 1. The van der Waals surface area contributed by atoms with Crippen molar-refractivity contribution in [2.45, 2.75) is 37.9 Å². The van der Waals surface area contributed by atoms with E-state index in [-0.39, 0.29) is 17.0 Å². The van der Waals surface area contributed by atoms with Gasteiger partial charge in [-0.1, -0.05) is 0 Å². The highest BCUT2D eigenvalue weighted by atomic mass is 31.2. The summed E-state index contributed by atoms with van der Waals surface area (Å²) in [5.41, 5.74) is -0.782. The number of hydrogen-bond acceptors (Lipinski definition) is 6. The number of H-pyrrole nitrogens is 1. The van der Waals surface area contributed by atoms with Crippen LogP contribution in [0.3, 0.4) is 0 Å². The number of ether oxygens (including phenoxy) is 1. The average Bonchev–Trinajstić information content (AvgIpc) is 2.95. The van der Waals surface area contributed by atoms with Gasteiger partial charge in [0.15, 0.2) is 17.4 Å². The zero-order chi connectivity index (χ0) is 18.5. The summed E-state index contributed by atoms with van der Waals surface area (Å²) in [6, 6.07) is 0. The second-order valence-corrected chi connectivity index (χ2v) is 11.4. The van der Waals surface area contributed by atoms with E-state index in [2.05, 4.69) is 34.6 Å². The number of aromatic amines is 1. The van der Waals surface area contributed by atoms with Gasteiger partial charge in [0.1, 0.15) is 18.0 Å². The molecule has 0 aromatic carbocycles. The Bertz CT molecular complexity index is 905. The molecule has 2 aromatic heterocycles. The molecule has 0 aliphatic carbocycles. The fraction of sp³-hybridized carbons (Fsp3) is 0.600. The highest BCUT2D eigenvalue weighted by Gasteiger charge is 2.45. The van der Waals surface area contributed by atoms with E-state index in [9.17, 15) is 19.4 Å². The number of aliphatic hydroxyl groups is 2. The largest absolute Gasteiger partial charge is 0.388 e. The smallest absolute Gasteiger partial charge is 0.293 e. The van der Waals surface area contributed by atoms with Crippen LogP contribution in [0, 0.1) is 13.0 Å². The highest BCUT2D eigenvalue weighted by molar-refractivity contribution is 7.72. The standard InChI is InChI=1S/C15H22FN4O4P/c1-7-17-12-9(13(23)18-7)19-15(16)20(12)14-11(22)10(21)8(24-14)5-6-25(2,3)4/h8,10-11,14,21-22H,2,5-6H2,1,3-4H3,(H,17,18,23)/t8-,10-,11-,14?/m1/s1. The van der Waals surface area contributed by atoms with Crippen molar-refractivity contribution in [1.82, 2.24) is 19.5 Å². The van der Waals surface area contributed by atoms with E-state index in [4.69, 9.17) is 4.74 Å². The third-order valence-electron chi connectivity index (χ3n) is 4.24. The molecule has 3 heterocycles. The normalized spacial score (nSPS) is 27.3. The maximum atomic E-state index is 14.4. The Balaban J connectivity index is 1.97. The number of halogens is 1. The zero-order valence-corrected chi connectivity index (χ0v) is 15.2. The summed E-state index contributed by atoms with van der Waals surface area (Å²) in [6.07, 6.45) is -0.0126. The van der Waals surface area contributed by atoms with Gasteiger partial charge in [-0.2, -0.15) is 9.37 Å². The number of aliphatic hydroxyl groups excluding tert-OH is 2. The molecule has 0 saturated carbocycles. The molecular formula is C15H22FN4O4P. The van der Waals surface area contributed by atoms with Crippen LogP contribution in [0.1, 0.15) is 18.5 Å². The molecular weight excluding hydrogens is 350 g/mol. The molecule has 1 saturated heterocycles. The SMILES string of the molecule is C=P(C)(C)CC[C@H]1OC(n2c(F)nc3c(=O)[nH]c(C)nc32)[C@H](O)[C@@H]1O. The van der Waals surface area contributed by atoms with Gasteiger partial charge in [0.05, 0.1) is 6.10 Å². The summed E-state index contributed by atoms with van der Waals surface area (Å²) in [7, 11) is 0. The van der Waals surface area contributed by atoms with Gasteiger partial charge in [-0.15, -0.1) is 13.2 Å². The topological polar surface area (TPSA) is 113 Å². The second-order valence-electron chi connectivity index (χ2n) is 7.07. The third kappa shape index (κ3) is 3.42. The first-order valence-corrected chi connectivity index (χ1v) is 11.0. The Hall–Kier alpha value is -1.54. The second kappa shape index (κ2) is 6.32. The minimum absolute atomic E-state index is 0.0272. The van der Waals surface area contributed by atoms with Crippen molar-refractivity contribution >= 4 is 24.3 Å². The van der Waals surface area contributed by atoms with Crippen LogP contribution in [0.2, 0.25) is 0 Å². The molecule has 1 aliphatic rings. The molecule has 25 heavy (non-hydrogen) atoms. The molecule has 3 N–H and O–H groups in total. The Kier molecular flexibility index (Phi) is 4.61. The van der Waals surface area contributed by atoms with Crippen molar-refractivity contribution in [3.8, 4) is 0 Å². The van der Waals surface area contributed by atoms with Crippen molar-refractivity contribution in [2.24, 2.45) is 0 Å². The van der Waals surface area contributed by atoms with Crippen LogP contribution in [0.15, 0.2) is 4.79 Å². The van der Waals surface area contributed by atoms with E-state index >= 15 is 0 Å². The van der Waals surface area contributed by atoms with E-state index in [1.807, 2.05) is 0 Å². The van der Waals surface area contributed by atoms with Crippen LogP contribution in [-0.2, 0) is 4.74 Å². The van der Waals surface area contributed by atoms with Crippen LogP contribution in [0.5, 0.6) is 0 Å². The van der Waals surface area contributed by atoms with Gasteiger partial charge in [-0.3, -0.25) is 9.36 Å². The number of hydrogen-bond donors (Lipinski definition) is 3. The summed E-state index contributed by atoms with van der Waals surface area (Å²) in [5.74, 6) is 0.284. The highest BCUT2D eigenvalue weighted by Crippen LogP contribution is 2.40. The van der Waals surface area contributed by atoms with Gasteiger partial charge in [-0.05, 0) is 32.8 Å². The van der Waals surface area contributed by atoms with Gasteiger partial charge in [0, 0.05) is 0 Å². The summed E-state index contributed by atoms with van der Waals surface area (Å²) < 4.78 is 21.0. The number of imidazole rings is 1. The first-order chi connectivity index (χ1) is 11.6. The lowest BCUT2D eigenvalue weighted by Gasteiger charge is -2.18. The molecule has 0 amide bonds. The number of fused-ring (bicyclic) bond motifs is 1. The number of aromatic nitrogens is 4. The van der Waals surface area contributed by atoms with Crippen molar-refractivity contribution in [3.05, 3.63) is 22.3 Å². The molecule has 1 fully saturated rings. The number of nitrogens with zero attached hydrogens (tertiary/aromatic N) is 3. The molecule has 2 aromatic rings. The van der Waals surface area contributed by atoms with Crippen molar-refractivity contribution in [2.75, 3.05) is 19.5 Å². The predicted molar refractivity (Wildman–Crippen MR) is 94.1 cm³/mol. The van der Waals surface area contributed by atoms with Crippen LogP contribution < -0.4 is 5.56 Å². The quantitative estimate of drug-likeness (QED) is 0.525. The number of nitrogens with one attached hydrogen (secondary N) is 1. The van der Waals surface area contributed by atoms with Crippen LogP contribution in [0.25, 0.3) is 11.2 Å². The molecule has 4 atom stereocenters. The summed E-state index contributed by atoms with van der Waals surface area (Å²) in [6.45, 7) is 4.35. The van der Waals surface area contributed by atoms with Crippen LogP contribution in [0.4, 0.5) is 4.39 Å². The molecule has 0 radical (unpaired) electrons. The molecule has 138 valence electrons. The lowest BCUT2D eigenvalue weighted by atomic mass is 10.1. The summed E-state index contributed by atoms with van der Waals surface area (Å²) in [4.78, 5) is 22.0. The Morgan fingerprint density at radius 3 is 2.68 bits per heavy atom. The van der Waals surface area contributed by atoms with Crippen molar-refractivity contribution in [3.63, 3.8) is 0 Å². The molecule has 10 heteroatoms. The molecule has 1 aliphatic heterocycles. The van der Waals surface area contributed by atoms with Crippen molar-refractivity contribution in [1.29, 1.82) is 0 Å². The minimum atomic E-state index is -1.36. The lowest BCUT2D eigenvalue weighted by molar-refractivity contribution is -0.0413. The molecule has 8 nitrogen and oxygen atoms in total. The minimum Gasteiger partial charge on any atom is -0.388 e. The third-order valence-corrected chi connectivity index (χ3v) is 5.71. The summed E-state index contributed by atoms with van der Waals surface area (Å²) in [5, 5.41) is 20.6. The first-order valence-electron chi connectivity index (χ1n) is 7.92. The van der Waals surface area contributed by atoms with Crippen molar-refractivity contribution < 1.29 is 19.3 Å². The van der Waals surface area contributed by atoms with Gasteiger partial charge in [0.25, 0.3) is 11.6 Å². The average molecular weight is 372 g/mol. The van der Waals surface area contributed by atoms with E-state index in [0.29, 0.717) is 6.42 Å². The Labute approximate surface area is 143 Å². The molecule has 3 rings (SSSR count). The Morgan fingerprint density at radius 1 is 1.36 bits per heavy atom. The summed E-state index contributed by atoms with van der Waals surface area (Å²) >= 11 is 0. The van der Waals surface area contributed by atoms with E-state index in [1.165, 1.54) is 0 Å². The van der Waals surface area contributed by atoms with E-state index in [1.54, 1.807) is 6.92 Å². The van der Waals surface area contributed by atoms with Crippen LogP contribution in [-0.4, -0.2) is 73.8 Å².